The van der Waals surface area contributed by atoms with Crippen LogP contribution in [0.3, 0.4) is 0 Å². The molecule has 1 unspecified atom stereocenters. The summed E-state index contributed by atoms with van der Waals surface area (Å²) >= 11 is 3.42. The molecular formula is C14H21BrN2O2. The van der Waals surface area contributed by atoms with Gasteiger partial charge in [0.15, 0.2) is 0 Å². The molecule has 0 aliphatic rings. The highest BCUT2D eigenvalue weighted by molar-refractivity contribution is 9.10. The fraction of sp³-hybridized carbons (Fsp3) is 0.500. The third-order valence-electron chi connectivity index (χ3n) is 2.98. The molecule has 106 valence electrons. The van der Waals surface area contributed by atoms with Crippen LogP contribution in [0.25, 0.3) is 0 Å². The smallest absolute Gasteiger partial charge is 0.244 e. The highest BCUT2D eigenvalue weighted by Crippen LogP contribution is 2.28. The van der Waals surface area contributed by atoms with Crippen molar-refractivity contribution in [1.82, 2.24) is 4.90 Å². The molecular weight excluding hydrogens is 308 g/mol. The summed E-state index contributed by atoms with van der Waals surface area (Å²) in [6, 6.07) is 5.38. The van der Waals surface area contributed by atoms with Gasteiger partial charge in [-0.25, -0.2) is 0 Å². The van der Waals surface area contributed by atoms with Gasteiger partial charge in [0.2, 0.25) is 5.91 Å². The number of ether oxygens (including phenoxy) is 1. The van der Waals surface area contributed by atoms with E-state index >= 15 is 0 Å². The van der Waals surface area contributed by atoms with E-state index in [4.69, 9.17) is 4.74 Å². The van der Waals surface area contributed by atoms with Crippen molar-refractivity contribution >= 4 is 27.5 Å². The third kappa shape index (κ3) is 4.13. The molecule has 1 aromatic carbocycles. The number of rotatable bonds is 6. The van der Waals surface area contributed by atoms with Crippen molar-refractivity contribution in [2.75, 3.05) is 25.5 Å². The van der Waals surface area contributed by atoms with Gasteiger partial charge in [-0.05, 0) is 39.0 Å². The van der Waals surface area contributed by atoms with Crippen LogP contribution in [0.4, 0.5) is 5.69 Å². The zero-order chi connectivity index (χ0) is 14.4. The first-order chi connectivity index (χ1) is 9.03. The number of carbonyl (C=O) groups excluding carboxylic acids is 1. The standard InChI is InChI=1S/C14H21BrN2O2/c1-5-17(6-2)14(18)10(3)16-12-9-11(15)7-8-13(12)19-4/h7-10,16H,5-6H2,1-4H3. The number of nitrogens with zero attached hydrogens (tertiary/aromatic N) is 1. The van der Waals surface area contributed by atoms with E-state index in [1.165, 1.54) is 0 Å². The van der Waals surface area contributed by atoms with Gasteiger partial charge in [-0.15, -0.1) is 0 Å². The number of hydrogen-bond donors (Lipinski definition) is 1. The van der Waals surface area contributed by atoms with Crippen molar-refractivity contribution in [3.63, 3.8) is 0 Å². The fourth-order valence-corrected chi connectivity index (χ4v) is 2.26. The minimum atomic E-state index is -0.289. The normalized spacial score (nSPS) is 11.8. The molecule has 0 fully saturated rings. The first-order valence-electron chi connectivity index (χ1n) is 6.42. The zero-order valence-electron chi connectivity index (χ0n) is 11.9. The number of nitrogens with one attached hydrogen (secondary N) is 1. The number of likely N-dealkylation sites (N-methyl/N-ethyl adjacent to an activating group) is 1. The second-order valence-corrected chi connectivity index (χ2v) is 5.14. The van der Waals surface area contributed by atoms with Gasteiger partial charge in [-0.2, -0.15) is 0 Å². The molecule has 0 bridgehead atoms. The van der Waals surface area contributed by atoms with Crippen molar-refractivity contribution in [2.45, 2.75) is 26.8 Å². The largest absolute Gasteiger partial charge is 0.495 e. The van der Waals surface area contributed by atoms with Crippen LogP contribution >= 0.6 is 15.9 Å². The lowest BCUT2D eigenvalue weighted by atomic mass is 10.2. The van der Waals surface area contributed by atoms with Gasteiger partial charge >= 0.3 is 0 Å². The number of anilines is 1. The minimum absolute atomic E-state index is 0.0898. The number of halogens is 1. The highest BCUT2D eigenvalue weighted by atomic mass is 79.9. The predicted molar refractivity (Wildman–Crippen MR) is 81.7 cm³/mol. The van der Waals surface area contributed by atoms with Crippen molar-refractivity contribution in [3.8, 4) is 5.75 Å². The molecule has 0 saturated carbocycles. The van der Waals surface area contributed by atoms with Crippen molar-refractivity contribution < 1.29 is 9.53 Å². The van der Waals surface area contributed by atoms with Crippen molar-refractivity contribution in [3.05, 3.63) is 22.7 Å². The Labute approximate surface area is 123 Å². The molecule has 1 aromatic rings. The monoisotopic (exact) mass is 328 g/mol. The average Bonchev–Trinajstić information content (AvgIpc) is 2.40. The maximum Gasteiger partial charge on any atom is 0.244 e. The number of amides is 1. The molecule has 1 N–H and O–H groups in total. The van der Waals surface area contributed by atoms with Crippen molar-refractivity contribution in [1.29, 1.82) is 0 Å². The van der Waals surface area contributed by atoms with Crippen LogP contribution < -0.4 is 10.1 Å². The van der Waals surface area contributed by atoms with Gasteiger partial charge in [0.05, 0.1) is 12.8 Å². The van der Waals surface area contributed by atoms with Crippen LogP contribution in [0, 0.1) is 0 Å². The summed E-state index contributed by atoms with van der Waals surface area (Å²) in [5.74, 6) is 0.814. The van der Waals surface area contributed by atoms with E-state index < -0.39 is 0 Å². The van der Waals surface area contributed by atoms with E-state index in [2.05, 4.69) is 21.2 Å². The molecule has 0 aromatic heterocycles. The lowest BCUT2D eigenvalue weighted by molar-refractivity contribution is -0.131. The third-order valence-corrected chi connectivity index (χ3v) is 3.47. The maximum absolute atomic E-state index is 12.2. The summed E-state index contributed by atoms with van der Waals surface area (Å²) in [4.78, 5) is 14.0. The van der Waals surface area contributed by atoms with E-state index in [1.807, 2.05) is 43.9 Å². The number of benzene rings is 1. The molecule has 0 aliphatic carbocycles. The van der Waals surface area contributed by atoms with E-state index in [9.17, 15) is 4.79 Å². The number of carbonyl (C=O) groups is 1. The lowest BCUT2D eigenvalue weighted by Gasteiger charge is -2.24. The second kappa shape index (κ2) is 7.38. The Balaban J connectivity index is 2.84. The molecule has 0 spiro atoms. The van der Waals surface area contributed by atoms with E-state index in [0.29, 0.717) is 0 Å². The van der Waals surface area contributed by atoms with Crippen LogP contribution in [-0.2, 0) is 4.79 Å². The summed E-state index contributed by atoms with van der Waals surface area (Å²) in [5.41, 5.74) is 0.810. The maximum atomic E-state index is 12.2. The molecule has 0 radical (unpaired) electrons. The SMILES string of the molecule is CCN(CC)C(=O)C(C)Nc1cc(Br)ccc1OC. The van der Waals surface area contributed by atoms with E-state index in [0.717, 1.165) is 29.0 Å². The summed E-state index contributed by atoms with van der Waals surface area (Å²) < 4.78 is 6.23. The Morgan fingerprint density at radius 2 is 2.05 bits per heavy atom. The molecule has 1 rings (SSSR count). The molecule has 0 aliphatic heterocycles. The van der Waals surface area contributed by atoms with Crippen LogP contribution in [0.2, 0.25) is 0 Å². The molecule has 0 heterocycles. The predicted octanol–water partition coefficient (Wildman–Crippen LogP) is 3.13. The van der Waals surface area contributed by atoms with Gasteiger partial charge < -0.3 is 15.0 Å². The summed E-state index contributed by atoms with van der Waals surface area (Å²) in [6.45, 7) is 7.26. The van der Waals surface area contributed by atoms with Crippen LogP contribution in [0.1, 0.15) is 20.8 Å². The topological polar surface area (TPSA) is 41.6 Å². The summed E-state index contributed by atoms with van der Waals surface area (Å²) in [5, 5.41) is 3.20. The van der Waals surface area contributed by atoms with Gasteiger partial charge in [0.25, 0.3) is 0 Å². The molecule has 0 saturated heterocycles. The molecule has 1 atom stereocenters. The Kier molecular flexibility index (Phi) is 6.15. The Morgan fingerprint density at radius 3 is 2.58 bits per heavy atom. The molecule has 1 amide bonds. The Hall–Kier alpha value is -1.23. The quantitative estimate of drug-likeness (QED) is 0.872. The van der Waals surface area contributed by atoms with Crippen LogP contribution in [0.15, 0.2) is 22.7 Å². The van der Waals surface area contributed by atoms with Gasteiger partial charge in [-0.1, -0.05) is 15.9 Å². The Morgan fingerprint density at radius 1 is 1.42 bits per heavy atom. The summed E-state index contributed by atoms with van der Waals surface area (Å²) in [6.07, 6.45) is 0. The highest BCUT2D eigenvalue weighted by Gasteiger charge is 2.19. The average molecular weight is 329 g/mol. The Bertz CT molecular complexity index is 433. The zero-order valence-corrected chi connectivity index (χ0v) is 13.5. The van der Waals surface area contributed by atoms with Gasteiger partial charge in [0, 0.05) is 17.6 Å². The minimum Gasteiger partial charge on any atom is -0.495 e. The van der Waals surface area contributed by atoms with E-state index in [-0.39, 0.29) is 11.9 Å². The molecule has 5 heteroatoms. The summed E-state index contributed by atoms with van der Waals surface area (Å²) in [7, 11) is 1.62. The number of methoxy groups -OCH3 is 1. The van der Waals surface area contributed by atoms with Crippen LogP contribution in [-0.4, -0.2) is 37.0 Å². The van der Waals surface area contributed by atoms with Crippen molar-refractivity contribution in [2.24, 2.45) is 0 Å². The second-order valence-electron chi connectivity index (χ2n) is 4.22. The van der Waals surface area contributed by atoms with Crippen LogP contribution in [0.5, 0.6) is 5.75 Å². The lowest BCUT2D eigenvalue weighted by Crippen LogP contribution is -2.41. The van der Waals surface area contributed by atoms with Gasteiger partial charge in [-0.3, -0.25) is 4.79 Å². The first kappa shape index (κ1) is 15.8. The first-order valence-corrected chi connectivity index (χ1v) is 7.21. The molecule has 19 heavy (non-hydrogen) atoms. The molecule has 4 nitrogen and oxygen atoms in total. The van der Waals surface area contributed by atoms with E-state index in [1.54, 1.807) is 7.11 Å². The fourth-order valence-electron chi connectivity index (χ4n) is 1.90. The number of hydrogen-bond acceptors (Lipinski definition) is 3. The van der Waals surface area contributed by atoms with Gasteiger partial charge in [0.1, 0.15) is 11.8 Å².